The maximum absolute atomic E-state index is 12.7. The zero-order valence-corrected chi connectivity index (χ0v) is 16.9. The molecule has 6 nitrogen and oxygen atoms in total. The number of carbonyl (C=O) groups is 3. The summed E-state index contributed by atoms with van der Waals surface area (Å²) in [5.74, 6) is -0.766. The third-order valence-electron chi connectivity index (χ3n) is 4.45. The molecule has 2 amide bonds. The SMILES string of the molecule is O=C(O)c1ccccc1-c1ccc(/C=C2\SC(=O)N(Cc3ccc(Cl)cc3)C2=O)o1. The molecule has 3 aromatic rings. The van der Waals surface area contributed by atoms with Gasteiger partial charge in [-0.05, 0) is 47.7 Å². The van der Waals surface area contributed by atoms with E-state index in [4.69, 9.17) is 16.0 Å². The molecule has 150 valence electrons. The standard InChI is InChI=1S/C22H14ClNO5S/c23-14-7-5-13(6-8-14)12-24-20(25)19(30-22(24)28)11-15-9-10-18(29-15)16-3-1-2-4-17(16)21(26)27/h1-11H,12H2,(H,26,27)/b19-11-. The van der Waals surface area contributed by atoms with E-state index < -0.39 is 11.9 Å². The van der Waals surface area contributed by atoms with E-state index in [9.17, 15) is 19.5 Å². The van der Waals surface area contributed by atoms with Crippen molar-refractivity contribution >= 4 is 46.6 Å². The van der Waals surface area contributed by atoms with Crippen molar-refractivity contribution in [3.8, 4) is 11.3 Å². The number of amides is 2. The molecule has 1 aromatic heterocycles. The topological polar surface area (TPSA) is 87.8 Å². The molecular formula is C22H14ClNO5S. The highest BCUT2D eigenvalue weighted by Gasteiger charge is 2.35. The van der Waals surface area contributed by atoms with Crippen LogP contribution in [0.2, 0.25) is 5.02 Å². The molecule has 0 aliphatic carbocycles. The van der Waals surface area contributed by atoms with Crippen molar-refractivity contribution in [2.24, 2.45) is 0 Å². The summed E-state index contributed by atoms with van der Waals surface area (Å²) in [5.41, 5.74) is 1.33. The van der Waals surface area contributed by atoms with Gasteiger partial charge in [-0.15, -0.1) is 0 Å². The van der Waals surface area contributed by atoms with Gasteiger partial charge in [0.25, 0.3) is 11.1 Å². The van der Waals surface area contributed by atoms with E-state index in [1.807, 2.05) is 0 Å². The minimum Gasteiger partial charge on any atom is -0.478 e. The first-order valence-corrected chi connectivity index (χ1v) is 10.0. The van der Waals surface area contributed by atoms with Crippen molar-refractivity contribution in [3.05, 3.63) is 87.5 Å². The second-order valence-electron chi connectivity index (χ2n) is 6.45. The molecule has 1 aliphatic rings. The summed E-state index contributed by atoms with van der Waals surface area (Å²) in [7, 11) is 0. The molecule has 0 unspecified atom stereocenters. The van der Waals surface area contributed by atoms with E-state index >= 15 is 0 Å². The third kappa shape index (κ3) is 4.03. The van der Waals surface area contributed by atoms with E-state index in [1.165, 1.54) is 12.1 Å². The van der Waals surface area contributed by atoms with Crippen LogP contribution in [0.3, 0.4) is 0 Å². The van der Waals surface area contributed by atoms with E-state index in [2.05, 4.69) is 0 Å². The van der Waals surface area contributed by atoms with Gasteiger partial charge in [-0.3, -0.25) is 14.5 Å². The van der Waals surface area contributed by atoms with Crippen LogP contribution in [0.25, 0.3) is 17.4 Å². The third-order valence-corrected chi connectivity index (χ3v) is 5.61. The molecule has 8 heteroatoms. The molecule has 0 spiro atoms. The Balaban J connectivity index is 1.56. The van der Waals surface area contributed by atoms with Gasteiger partial charge in [-0.1, -0.05) is 41.9 Å². The number of furan rings is 1. The first-order chi connectivity index (χ1) is 14.4. The number of halogens is 1. The molecule has 0 bridgehead atoms. The molecule has 2 heterocycles. The lowest BCUT2D eigenvalue weighted by molar-refractivity contribution is -0.123. The Bertz CT molecular complexity index is 1180. The lowest BCUT2D eigenvalue weighted by Gasteiger charge is -2.12. The van der Waals surface area contributed by atoms with Crippen molar-refractivity contribution in [1.29, 1.82) is 0 Å². The normalized spacial score (nSPS) is 15.2. The van der Waals surface area contributed by atoms with Gasteiger partial charge in [0.15, 0.2) is 0 Å². The molecular weight excluding hydrogens is 426 g/mol. The second-order valence-corrected chi connectivity index (χ2v) is 7.88. The number of hydrogen-bond acceptors (Lipinski definition) is 5. The van der Waals surface area contributed by atoms with Crippen molar-refractivity contribution < 1.29 is 23.9 Å². The average Bonchev–Trinajstić information content (AvgIpc) is 3.30. The summed E-state index contributed by atoms with van der Waals surface area (Å²) in [6.45, 7) is 0.147. The lowest BCUT2D eigenvalue weighted by atomic mass is 10.1. The number of carboxylic acid groups (broad SMARTS) is 1. The summed E-state index contributed by atoms with van der Waals surface area (Å²) >= 11 is 6.70. The van der Waals surface area contributed by atoms with Gasteiger partial charge in [0.05, 0.1) is 17.0 Å². The predicted octanol–water partition coefficient (Wildman–Crippen LogP) is 5.53. The molecule has 1 aliphatic heterocycles. The minimum atomic E-state index is -1.06. The molecule has 30 heavy (non-hydrogen) atoms. The Morgan fingerprint density at radius 2 is 1.80 bits per heavy atom. The smallest absolute Gasteiger partial charge is 0.336 e. The summed E-state index contributed by atoms with van der Waals surface area (Å²) in [4.78, 5) is 37.8. The maximum Gasteiger partial charge on any atom is 0.336 e. The quantitative estimate of drug-likeness (QED) is 0.525. The van der Waals surface area contributed by atoms with Crippen LogP contribution in [-0.4, -0.2) is 27.1 Å². The van der Waals surface area contributed by atoms with Crippen molar-refractivity contribution in [2.45, 2.75) is 6.54 Å². The number of imide groups is 1. The Kier molecular flexibility index (Phi) is 5.48. The van der Waals surface area contributed by atoms with Crippen LogP contribution in [0.1, 0.15) is 21.7 Å². The van der Waals surface area contributed by atoms with Crippen LogP contribution in [0.15, 0.2) is 70.0 Å². The molecule has 1 saturated heterocycles. The van der Waals surface area contributed by atoms with Crippen LogP contribution < -0.4 is 0 Å². The monoisotopic (exact) mass is 439 g/mol. The fraction of sp³-hybridized carbons (Fsp3) is 0.0455. The minimum absolute atomic E-state index is 0.113. The first kappa shape index (κ1) is 20.0. The highest BCUT2D eigenvalue weighted by Crippen LogP contribution is 2.34. The van der Waals surface area contributed by atoms with Crippen LogP contribution in [0, 0.1) is 0 Å². The average molecular weight is 440 g/mol. The highest BCUT2D eigenvalue weighted by atomic mass is 35.5. The van der Waals surface area contributed by atoms with Gasteiger partial charge in [0.1, 0.15) is 11.5 Å². The van der Waals surface area contributed by atoms with Gasteiger partial charge in [0.2, 0.25) is 0 Å². The Labute approximate surface area is 180 Å². The van der Waals surface area contributed by atoms with Crippen LogP contribution in [-0.2, 0) is 11.3 Å². The maximum atomic E-state index is 12.7. The number of nitrogens with zero attached hydrogens (tertiary/aromatic N) is 1. The van der Waals surface area contributed by atoms with Crippen molar-refractivity contribution in [3.63, 3.8) is 0 Å². The number of aromatic carboxylic acids is 1. The summed E-state index contributed by atoms with van der Waals surface area (Å²) in [5, 5.41) is 9.54. The molecule has 1 fully saturated rings. The fourth-order valence-electron chi connectivity index (χ4n) is 3.00. The molecule has 1 N–H and O–H groups in total. The van der Waals surface area contributed by atoms with Crippen molar-refractivity contribution in [1.82, 2.24) is 4.90 Å². The molecule has 4 rings (SSSR count). The van der Waals surface area contributed by atoms with Gasteiger partial charge in [-0.25, -0.2) is 4.79 Å². The Morgan fingerprint density at radius 3 is 2.53 bits per heavy atom. The zero-order chi connectivity index (χ0) is 21.3. The largest absolute Gasteiger partial charge is 0.478 e. The van der Waals surface area contributed by atoms with Crippen LogP contribution in [0.4, 0.5) is 4.79 Å². The molecule has 2 aromatic carbocycles. The molecule has 0 atom stereocenters. The van der Waals surface area contributed by atoms with Crippen molar-refractivity contribution in [2.75, 3.05) is 0 Å². The first-order valence-electron chi connectivity index (χ1n) is 8.85. The number of rotatable bonds is 5. The van der Waals surface area contributed by atoms with E-state index in [-0.39, 0.29) is 22.3 Å². The van der Waals surface area contributed by atoms with Gasteiger partial charge >= 0.3 is 5.97 Å². The number of benzene rings is 2. The number of thioether (sulfide) groups is 1. The van der Waals surface area contributed by atoms with Gasteiger partial charge < -0.3 is 9.52 Å². The highest BCUT2D eigenvalue weighted by molar-refractivity contribution is 8.18. The van der Waals surface area contributed by atoms with Crippen LogP contribution in [0.5, 0.6) is 0 Å². The summed E-state index contributed by atoms with van der Waals surface area (Å²) in [6, 6.07) is 16.7. The fourth-order valence-corrected chi connectivity index (χ4v) is 3.94. The zero-order valence-electron chi connectivity index (χ0n) is 15.4. The van der Waals surface area contributed by atoms with E-state index in [0.717, 1.165) is 22.2 Å². The van der Waals surface area contributed by atoms with Crippen LogP contribution >= 0.6 is 23.4 Å². The predicted molar refractivity (Wildman–Crippen MR) is 114 cm³/mol. The number of carboxylic acids is 1. The number of carbonyl (C=O) groups excluding carboxylic acids is 2. The van der Waals surface area contributed by atoms with Gasteiger partial charge in [-0.2, -0.15) is 0 Å². The Morgan fingerprint density at radius 1 is 1.07 bits per heavy atom. The van der Waals surface area contributed by atoms with E-state index in [0.29, 0.717) is 22.1 Å². The van der Waals surface area contributed by atoms with E-state index in [1.54, 1.807) is 54.6 Å². The Hall–Kier alpha value is -3.29. The number of hydrogen-bond donors (Lipinski definition) is 1. The summed E-state index contributed by atoms with van der Waals surface area (Å²) < 4.78 is 5.72. The molecule has 0 radical (unpaired) electrons. The lowest BCUT2D eigenvalue weighted by Crippen LogP contribution is -2.27. The summed E-state index contributed by atoms with van der Waals surface area (Å²) in [6.07, 6.45) is 1.49. The second kappa shape index (κ2) is 8.22. The van der Waals surface area contributed by atoms with Gasteiger partial charge in [0, 0.05) is 16.7 Å². The molecule has 0 saturated carbocycles.